The Morgan fingerprint density at radius 1 is 1.28 bits per heavy atom. The third-order valence-electron chi connectivity index (χ3n) is 3.60. The molecule has 1 fully saturated rings. The summed E-state index contributed by atoms with van der Waals surface area (Å²) in [5.41, 5.74) is 5.87. The van der Waals surface area contributed by atoms with Crippen molar-refractivity contribution in [3.05, 3.63) is 23.8 Å². The maximum atomic E-state index is 13.7. The monoisotopic (exact) mass is 256 g/mol. The Hall–Kier alpha value is -1.36. The zero-order chi connectivity index (χ0) is 13.1. The molecule has 18 heavy (non-hydrogen) atoms. The number of hydrogen-bond donors (Lipinski definition) is 3. The van der Waals surface area contributed by atoms with E-state index >= 15 is 0 Å². The Kier molecular flexibility index (Phi) is 4.01. The van der Waals surface area contributed by atoms with Gasteiger partial charge in [-0.05, 0) is 25.0 Å². The molecule has 0 bridgehead atoms. The van der Waals surface area contributed by atoms with Crippen LogP contribution in [0.2, 0.25) is 0 Å². The van der Waals surface area contributed by atoms with Crippen LogP contribution < -0.4 is 11.1 Å². The number of benzene rings is 1. The number of aliphatic hydroxyl groups is 1. The first kappa shape index (κ1) is 13.1. The standard InChI is InChI=1S/C13H18F2N2O/c14-9-5-6-10(16)13(12(9)15)17-11-4-2-1-3-8(11)7-18/h5-6,8,11,17-18H,1-4,7,16H2. The largest absolute Gasteiger partial charge is 0.397 e. The molecule has 100 valence electrons. The summed E-state index contributed by atoms with van der Waals surface area (Å²) in [4.78, 5) is 0. The molecule has 2 atom stereocenters. The van der Waals surface area contributed by atoms with E-state index in [4.69, 9.17) is 5.73 Å². The molecule has 1 aliphatic rings. The normalized spacial score (nSPS) is 23.9. The summed E-state index contributed by atoms with van der Waals surface area (Å²) in [5, 5.41) is 12.3. The van der Waals surface area contributed by atoms with E-state index in [0.717, 1.165) is 31.7 Å². The first-order chi connectivity index (χ1) is 8.63. The molecule has 0 radical (unpaired) electrons. The predicted octanol–water partition coefficient (Wildman–Crippen LogP) is 2.51. The number of rotatable bonds is 3. The first-order valence-corrected chi connectivity index (χ1v) is 6.24. The molecular formula is C13H18F2N2O. The fourth-order valence-electron chi connectivity index (χ4n) is 2.51. The lowest BCUT2D eigenvalue weighted by Gasteiger charge is -2.32. The van der Waals surface area contributed by atoms with Gasteiger partial charge in [-0.25, -0.2) is 8.78 Å². The van der Waals surface area contributed by atoms with Gasteiger partial charge >= 0.3 is 0 Å². The second kappa shape index (κ2) is 5.52. The van der Waals surface area contributed by atoms with E-state index in [1.165, 1.54) is 6.07 Å². The number of nitrogens with two attached hydrogens (primary N) is 1. The average molecular weight is 256 g/mol. The van der Waals surface area contributed by atoms with Gasteiger partial charge in [0, 0.05) is 18.6 Å². The minimum Gasteiger partial charge on any atom is -0.397 e. The molecule has 1 saturated carbocycles. The zero-order valence-electron chi connectivity index (χ0n) is 10.1. The van der Waals surface area contributed by atoms with Gasteiger partial charge < -0.3 is 16.2 Å². The van der Waals surface area contributed by atoms with Crippen molar-refractivity contribution in [3.8, 4) is 0 Å². The van der Waals surface area contributed by atoms with Crippen molar-refractivity contribution in [1.29, 1.82) is 0 Å². The van der Waals surface area contributed by atoms with E-state index in [9.17, 15) is 13.9 Å². The topological polar surface area (TPSA) is 58.3 Å². The lowest BCUT2D eigenvalue weighted by molar-refractivity contribution is 0.178. The molecule has 0 heterocycles. The summed E-state index contributed by atoms with van der Waals surface area (Å²) in [6.45, 7) is 0.0501. The van der Waals surface area contributed by atoms with Gasteiger partial charge in [-0.1, -0.05) is 12.8 Å². The van der Waals surface area contributed by atoms with Crippen molar-refractivity contribution in [3.63, 3.8) is 0 Å². The van der Waals surface area contributed by atoms with Gasteiger partial charge in [-0.15, -0.1) is 0 Å². The maximum absolute atomic E-state index is 13.7. The molecular weight excluding hydrogens is 238 g/mol. The minimum atomic E-state index is -0.947. The summed E-state index contributed by atoms with van der Waals surface area (Å²) in [7, 11) is 0. The highest BCUT2D eigenvalue weighted by Gasteiger charge is 2.26. The van der Waals surface area contributed by atoms with Crippen LogP contribution >= 0.6 is 0 Å². The SMILES string of the molecule is Nc1ccc(F)c(F)c1NC1CCCCC1CO. The molecule has 4 N–H and O–H groups in total. The molecule has 5 heteroatoms. The van der Waals surface area contributed by atoms with Crippen LogP contribution in [0.15, 0.2) is 12.1 Å². The fourth-order valence-corrected chi connectivity index (χ4v) is 2.51. The lowest BCUT2D eigenvalue weighted by atomic mass is 9.85. The first-order valence-electron chi connectivity index (χ1n) is 6.24. The van der Waals surface area contributed by atoms with Gasteiger partial charge in [-0.3, -0.25) is 0 Å². The van der Waals surface area contributed by atoms with Crippen LogP contribution in [-0.4, -0.2) is 17.8 Å². The second-order valence-corrected chi connectivity index (χ2v) is 4.80. The van der Waals surface area contributed by atoms with Gasteiger partial charge in [0.25, 0.3) is 0 Å². The number of aliphatic hydroxyl groups excluding tert-OH is 1. The van der Waals surface area contributed by atoms with E-state index < -0.39 is 11.6 Å². The van der Waals surface area contributed by atoms with Crippen LogP contribution in [0.4, 0.5) is 20.2 Å². The highest BCUT2D eigenvalue weighted by Crippen LogP contribution is 2.31. The predicted molar refractivity (Wildman–Crippen MR) is 67.2 cm³/mol. The van der Waals surface area contributed by atoms with Crippen LogP contribution in [-0.2, 0) is 0 Å². The van der Waals surface area contributed by atoms with Crippen molar-refractivity contribution >= 4 is 11.4 Å². The van der Waals surface area contributed by atoms with Crippen molar-refractivity contribution in [2.75, 3.05) is 17.7 Å². The molecule has 0 saturated heterocycles. The molecule has 0 aliphatic heterocycles. The number of nitrogen functional groups attached to an aromatic ring is 1. The lowest BCUT2D eigenvalue weighted by Crippen LogP contribution is -2.35. The molecule has 1 aromatic carbocycles. The number of hydrogen-bond acceptors (Lipinski definition) is 3. The Morgan fingerprint density at radius 3 is 2.72 bits per heavy atom. The Labute approximate surface area is 105 Å². The molecule has 2 unspecified atom stereocenters. The van der Waals surface area contributed by atoms with Crippen LogP contribution in [0.25, 0.3) is 0 Å². The number of anilines is 2. The summed E-state index contributed by atoms with van der Waals surface area (Å²) < 4.78 is 26.8. The summed E-state index contributed by atoms with van der Waals surface area (Å²) in [5.74, 6) is -1.79. The van der Waals surface area contributed by atoms with Crippen LogP contribution in [0, 0.1) is 17.6 Å². The van der Waals surface area contributed by atoms with Gasteiger partial charge in [0.05, 0.1) is 11.4 Å². The van der Waals surface area contributed by atoms with Crippen molar-refractivity contribution in [2.24, 2.45) is 5.92 Å². The molecule has 1 aliphatic carbocycles. The third kappa shape index (κ3) is 2.56. The molecule has 1 aromatic rings. The summed E-state index contributed by atoms with van der Waals surface area (Å²) in [6, 6.07) is 2.31. The molecule has 2 rings (SSSR count). The van der Waals surface area contributed by atoms with Crippen LogP contribution in [0.1, 0.15) is 25.7 Å². The van der Waals surface area contributed by atoms with Crippen LogP contribution in [0.3, 0.4) is 0 Å². The van der Waals surface area contributed by atoms with Crippen molar-refractivity contribution in [2.45, 2.75) is 31.7 Å². The Bertz CT molecular complexity index is 426. The molecule has 0 amide bonds. The Morgan fingerprint density at radius 2 is 2.00 bits per heavy atom. The minimum absolute atomic E-state index is 0.0142. The number of halogens is 2. The Balaban J connectivity index is 2.20. The van der Waals surface area contributed by atoms with Gasteiger partial charge in [0.2, 0.25) is 0 Å². The highest BCUT2D eigenvalue weighted by atomic mass is 19.2. The van der Waals surface area contributed by atoms with E-state index in [1.54, 1.807) is 0 Å². The third-order valence-corrected chi connectivity index (χ3v) is 3.60. The van der Waals surface area contributed by atoms with Gasteiger partial charge in [0.15, 0.2) is 11.6 Å². The van der Waals surface area contributed by atoms with E-state index in [0.29, 0.717) is 0 Å². The second-order valence-electron chi connectivity index (χ2n) is 4.80. The van der Waals surface area contributed by atoms with Crippen molar-refractivity contribution < 1.29 is 13.9 Å². The molecule has 0 spiro atoms. The average Bonchev–Trinajstić information content (AvgIpc) is 2.39. The fraction of sp³-hybridized carbons (Fsp3) is 0.538. The molecule has 0 aromatic heterocycles. The van der Waals surface area contributed by atoms with E-state index in [1.807, 2.05) is 0 Å². The molecule has 3 nitrogen and oxygen atoms in total. The van der Waals surface area contributed by atoms with E-state index in [2.05, 4.69) is 5.32 Å². The number of nitrogens with one attached hydrogen (secondary N) is 1. The summed E-state index contributed by atoms with van der Waals surface area (Å²) in [6.07, 6.45) is 3.81. The van der Waals surface area contributed by atoms with E-state index in [-0.39, 0.29) is 29.9 Å². The highest BCUT2D eigenvalue weighted by molar-refractivity contribution is 5.67. The van der Waals surface area contributed by atoms with Crippen LogP contribution in [0.5, 0.6) is 0 Å². The van der Waals surface area contributed by atoms with Gasteiger partial charge in [-0.2, -0.15) is 0 Å². The smallest absolute Gasteiger partial charge is 0.183 e. The zero-order valence-corrected chi connectivity index (χ0v) is 10.1. The van der Waals surface area contributed by atoms with Crippen molar-refractivity contribution in [1.82, 2.24) is 0 Å². The maximum Gasteiger partial charge on any atom is 0.183 e. The summed E-state index contributed by atoms with van der Waals surface area (Å²) >= 11 is 0. The quantitative estimate of drug-likeness (QED) is 0.728. The van der Waals surface area contributed by atoms with Gasteiger partial charge in [0.1, 0.15) is 0 Å².